The van der Waals surface area contributed by atoms with Gasteiger partial charge in [0.1, 0.15) is 5.82 Å². The van der Waals surface area contributed by atoms with Crippen molar-refractivity contribution >= 4 is 5.96 Å². The molecule has 1 aromatic heterocycles. The number of nitrogens with one attached hydrogen (secondary N) is 2. The van der Waals surface area contributed by atoms with E-state index in [4.69, 9.17) is 4.74 Å². The molecule has 0 atom stereocenters. The molecule has 0 unspecified atom stereocenters. The second kappa shape index (κ2) is 10.4. The van der Waals surface area contributed by atoms with E-state index in [1.165, 1.54) is 23.3 Å². The molecule has 0 saturated carbocycles. The van der Waals surface area contributed by atoms with Gasteiger partial charge in [0.25, 0.3) is 0 Å². The molecule has 0 aliphatic carbocycles. The summed E-state index contributed by atoms with van der Waals surface area (Å²) in [6, 6.07) is 17.1. The predicted molar refractivity (Wildman–Crippen MR) is 124 cm³/mol. The predicted octanol–water partition coefficient (Wildman–Crippen LogP) is 3.48. The number of guanidine groups is 1. The van der Waals surface area contributed by atoms with Crippen molar-refractivity contribution in [3.63, 3.8) is 0 Å². The first-order valence-electron chi connectivity index (χ1n) is 11.0. The molecule has 2 heterocycles. The van der Waals surface area contributed by atoms with Crippen LogP contribution in [0.3, 0.4) is 0 Å². The minimum atomic E-state index is -0.213. The first kappa shape index (κ1) is 22.0. The van der Waals surface area contributed by atoms with Gasteiger partial charge in [0.05, 0.1) is 6.54 Å². The molecule has 2 N–H and O–H groups in total. The van der Waals surface area contributed by atoms with E-state index >= 15 is 0 Å². The molecule has 0 spiro atoms. The maximum atomic E-state index is 13.5. The summed E-state index contributed by atoms with van der Waals surface area (Å²) in [4.78, 5) is 4.42. The molecule has 168 valence electrons. The fourth-order valence-corrected chi connectivity index (χ4v) is 4.24. The highest BCUT2D eigenvalue weighted by Gasteiger charge is 2.34. The van der Waals surface area contributed by atoms with Crippen LogP contribution in [0.1, 0.15) is 29.5 Å². The average Bonchev–Trinajstić information content (AvgIpc) is 3.34. The topological polar surface area (TPSA) is 63.5 Å². The van der Waals surface area contributed by atoms with Gasteiger partial charge in [-0.1, -0.05) is 36.4 Å². The summed E-state index contributed by atoms with van der Waals surface area (Å²) in [5.74, 6) is 0.530. The molecule has 6 nitrogen and oxygen atoms in total. The van der Waals surface area contributed by atoms with E-state index in [0.29, 0.717) is 26.3 Å². The number of halogens is 1. The second-order valence-electron chi connectivity index (χ2n) is 8.15. The average molecular weight is 436 g/mol. The number of rotatable bonds is 7. The third-order valence-electron chi connectivity index (χ3n) is 6.18. The van der Waals surface area contributed by atoms with Gasteiger partial charge in [-0.15, -0.1) is 0 Å². The van der Waals surface area contributed by atoms with Crippen LogP contribution in [0, 0.1) is 5.82 Å². The van der Waals surface area contributed by atoms with Crippen molar-refractivity contribution in [2.75, 3.05) is 26.8 Å². The summed E-state index contributed by atoms with van der Waals surface area (Å²) in [7, 11) is 1.78. The standard InChI is InChI=1S/C25H30FN5O/c1-27-24(28-17-20-5-2-3-6-21(20)18-31-14-4-13-30-31)29-19-25(11-15-32-16-12-25)22-7-9-23(26)10-8-22/h2-10,13-14H,11-12,15-19H2,1H3,(H2,27,28,29). The summed E-state index contributed by atoms with van der Waals surface area (Å²) in [5, 5.41) is 11.3. The molecule has 3 aromatic rings. The molecule has 0 bridgehead atoms. The van der Waals surface area contributed by atoms with Gasteiger partial charge in [0.2, 0.25) is 0 Å². The van der Waals surface area contributed by atoms with Crippen LogP contribution >= 0.6 is 0 Å². The van der Waals surface area contributed by atoms with Crippen LogP contribution in [0.15, 0.2) is 72.0 Å². The molecule has 0 radical (unpaired) electrons. The van der Waals surface area contributed by atoms with E-state index in [-0.39, 0.29) is 11.2 Å². The summed E-state index contributed by atoms with van der Waals surface area (Å²) in [6.45, 7) is 3.49. The molecular weight excluding hydrogens is 405 g/mol. The first-order chi connectivity index (χ1) is 15.7. The Balaban J connectivity index is 1.41. The molecule has 1 aliphatic rings. The van der Waals surface area contributed by atoms with Crippen molar-refractivity contribution in [2.24, 2.45) is 4.99 Å². The van der Waals surface area contributed by atoms with Crippen molar-refractivity contribution < 1.29 is 9.13 Å². The van der Waals surface area contributed by atoms with Crippen LogP contribution in [0.2, 0.25) is 0 Å². The lowest BCUT2D eigenvalue weighted by Gasteiger charge is -2.38. The van der Waals surface area contributed by atoms with E-state index in [2.05, 4.69) is 32.9 Å². The fourth-order valence-electron chi connectivity index (χ4n) is 4.24. The Labute approximate surface area is 188 Å². The SMILES string of the molecule is CN=C(NCc1ccccc1Cn1cccn1)NCC1(c2ccc(F)cc2)CCOCC1. The highest BCUT2D eigenvalue weighted by Crippen LogP contribution is 2.34. The van der Waals surface area contributed by atoms with Crippen molar-refractivity contribution in [3.8, 4) is 0 Å². The first-order valence-corrected chi connectivity index (χ1v) is 11.0. The van der Waals surface area contributed by atoms with Crippen molar-refractivity contribution in [1.29, 1.82) is 0 Å². The summed E-state index contributed by atoms with van der Waals surface area (Å²) >= 11 is 0. The summed E-state index contributed by atoms with van der Waals surface area (Å²) in [5.41, 5.74) is 3.44. The van der Waals surface area contributed by atoms with E-state index in [9.17, 15) is 4.39 Å². The second-order valence-corrected chi connectivity index (χ2v) is 8.15. The van der Waals surface area contributed by atoms with Crippen LogP contribution in [0.25, 0.3) is 0 Å². The highest BCUT2D eigenvalue weighted by molar-refractivity contribution is 5.79. The van der Waals surface area contributed by atoms with Crippen LogP contribution in [0.4, 0.5) is 4.39 Å². The molecule has 2 aromatic carbocycles. The van der Waals surface area contributed by atoms with Crippen LogP contribution in [-0.4, -0.2) is 42.5 Å². The number of aliphatic imine (C=N–C) groups is 1. The van der Waals surface area contributed by atoms with E-state index in [1.54, 1.807) is 13.2 Å². The number of ether oxygens (including phenoxy) is 1. The van der Waals surface area contributed by atoms with Gasteiger partial charge in [-0.05, 0) is 47.7 Å². The number of hydrogen-bond acceptors (Lipinski definition) is 3. The van der Waals surface area contributed by atoms with Gasteiger partial charge in [-0.25, -0.2) is 4.39 Å². The van der Waals surface area contributed by atoms with Gasteiger partial charge < -0.3 is 15.4 Å². The van der Waals surface area contributed by atoms with Gasteiger partial charge in [-0.3, -0.25) is 9.67 Å². The van der Waals surface area contributed by atoms with Crippen molar-refractivity contribution in [3.05, 3.63) is 89.5 Å². The Hall–Kier alpha value is -3.19. The van der Waals surface area contributed by atoms with Crippen molar-refractivity contribution in [2.45, 2.75) is 31.3 Å². The van der Waals surface area contributed by atoms with E-state index in [1.807, 2.05) is 41.2 Å². The third kappa shape index (κ3) is 5.34. The zero-order valence-corrected chi connectivity index (χ0v) is 18.4. The molecule has 1 saturated heterocycles. The normalized spacial score (nSPS) is 16.0. The highest BCUT2D eigenvalue weighted by atomic mass is 19.1. The monoisotopic (exact) mass is 435 g/mol. The Morgan fingerprint density at radius 2 is 1.81 bits per heavy atom. The number of benzene rings is 2. The van der Waals surface area contributed by atoms with Gasteiger partial charge in [0, 0.05) is 51.2 Å². The maximum Gasteiger partial charge on any atom is 0.191 e. The Kier molecular flexibility index (Phi) is 7.17. The van der Waals surface area contributed by atoms with Crippen molar-refractivity contribution in [1.82, 2.24) is 20.4 Å². The fraction of sp³-hybridized carbons (Fsp3) is 0.360. The largest absolute Gasteiger partial charge is 0.381 e. The quantitative estimate of drug-likeness (QED) is 0.441. The van der Waals surface area contributed by atoms with Gasteiger partial charge in [-0.2, -0.15) is 5.10 Å². The smallest absolute Gasteiger partial charge is 0.191 e. The van der Waals surface area contributed by atoms with E-state index < -0.39 is 0 Å². The lowest BCUT2D eigenvalue weighted by Crippen LogP contribution is -2.48. The summed E-state index contributed by atoms with van der Waals surface area (Å²) in [6.07, 6.45) is 5.53. The molecule has 32 heavy (non-hydrogen) atoms. The van der Waals surface area contributed by atoms with E-state index in [0.717, 1.165) is 30.9 Å². The number of nitrogens with zero attached hydrogens (tertiary/aromatic N) is 3. The number of aromatic nitrogens is 2. The van der Waals surface area contributed by atoms with Crippen LogP contribution in [-0.2, 0) is 23.2 Å². The summed E-state index contributed by atoms with van der Waals surface area (Å²) < 4.78 is 21.0. The van der Waals surface area contributed by atoms with Crippen LogP contribution in [0.5, 0.6) is 0 Å². The zero-order valence-electron chi connectivity index (χ0n) is 18.4. The molecule has 1 aliphatic heterocycles. The van der Waals surface area contributed by atoms with Crippen LogP contribution < -0.4 is 10.6 Å². The number of hydrogen-bond donors (Lipinski definition) is 2. The zero-order chi connectivity index (χ0) is 22.2. The minimum Gasteiger partial charge on any atom is -0.381 e. The molecule has 7 heteroatoms. The Morgan fingerprint density at radius 1 is 1.06 bits per heavy atom. The molecular formula is C25H30FN5O. The maximum absolute atomic E-state index is 13.5. The Bertz CT molecular complexity index is 1010. The third-order valence-corrected chi connectivity index (χ3v) is 6.18. The Morgan fingerprint density at radius 3 is 2.50 bits per heavy atom. The minimum absolute atomic E-state index is 0.110. The van der Waals surface area contributed by atoms with Gasteiger partial charge >= 0.3 is 0 Å². The molecule has 0 amide bonds. The lowest BCUT2D eigenvalue weighted by atomic mass is 9.74. The molecule has 4 rings (SSSR count). The lowest BCUT2D eigenvalue weighted by molar-refractivity contribution is 0.0513. The molecule has 1 fully saturated rings. The van der Waals surface area contributed by atoms with Gasteiger partial charge in [0.15, 0.2) is 5.96 Å².